The summed E-state index contributed by atoms with van der Waals surface area (Å²) in [5, 5.41) is 0. The van der Waals surface area contributed by atoms with Gasteiger partial charge in [0.15, 0.2) is 0 Å². The molecular weight excluding hydrogens is 406 g/mol. The highest BCUT2D eigenvalue weighted by molar-refractivity contribution is 5.84. The highest BCUT2D eigenvalue weighted by Crippen LogP contribution is 2.53. The second kappa shape index (κ2) is 9.27. The first kappa shape index (κ1) is 22.1. The fourth-order valence-corrected chi connectivity index (χ4v) is 6.52. The fourth-order valence-electron chi connectivity index (χ4n) is 6.52. The van der Waals surface area contributed by atoms with Gasteiger partial charge in [0.05, 0.1) is 24.2 Å². The molecule has 32 heavy (non-hydrogen) atoms. The molecular formula is C25H37N3O4. The van der Waals surface area contributed by atoms with Crippen molar-refractivity contribution in [1.29, 1.82) is 0 Å². The average Bonchev–Trinajstić information content (AvgIpc) is 3.37. The Bertz CT molecular complexity index is 812. The zero-order valence-corrected chi connectivity index (χ0v) is 19.5. The minimum absolute atomic E-state index is 0.0808. The molecule has 4 heterocycles. The van der Waals surface area contributed by atoms with Crippen molar-refractivity contribution in [2.45, 2.75) is 51.2 Å². The predicted octanol–water partition coefficient (Wildman–Crippen LogP) is 2.67. The van der Waals surface area contributed by atoms with E-state index in [1.54, 1.807) is 7.11 Å². The number of anilines is 1. The van der Waals surface area contributed by atoms with Crippen molar-refractivity contribution < 1.29 is 19.0 Å². The summed E-state index contributed by atoms with van der Waals surface area (Å²) < 4.78 is 17.4. The molecule has 4 fully saturated rings. The number of hydrogen-bond acceptors (Lipinski definition) is 6. The van der Waals surface area contributed by atoms with Crippen molar-refractivity contribution in [3.8, 4) is 0 Å². The lowest BCUT2D eigenvalue weighted by Crippen LogP contribution is -2.54. The van der Waals surface area contributed by atoms with Crippen molar-refractivity contribution in [2.75, 3.05) is 58.0 Å². The molecule has 176 valence electrons. The van der Waals surface area contributed by atoms with Crippen LogP contribution in [0.5, 0.6) is 0 Å². The van der Waals surface area contributed by atoms with Crippen LogP contribution >= 0.6 is 0 Å². The molecule has 1 aromatic heterocycles. The van der Waals surface area contributed by atoms with Crippen molar-refractivity contribution in [1.82, 2.24) is 9.88 Å². The Kier molecular flexibility index (Phi) is 6.41. The molecule has 0 N–H and O–H groups in total. The number of aryl methyl sites for hydroxylation is 1. The van der Waals surface area contributed by atoms with Gasteiger partial charge < -0.3 is 24.0 Å². The lowest BCUT2D eigenvalue weighted by molar-refractivity contribution is -0.144. The number of nitrogens with zero attached hydrogens (tertiary/aromatic N) is 3. The minimum atomic E-state index is -0.317. The van der Waals surface area contributed by atoms with Gasteiger partial charge >= 0.3 is 0 Å². The van der Waals surface area contributed by atoms with Crippen molar-refractivity contribution >= 4 is 11.7 Å². The Morgan fingerprint density at radius 1 is 1.25 bits per heavy atom. The average molecular weight is 444 g/mol. The molecule has 0 spiro atoms. The number of carbonyl (C=O) groups excluding carboxylic acids is 1. The quantitative estimate of drug-likeness (QED) is 0.697. The summed E-state index contributed by atoms with van der Waals surface area (Å²) in [5.41, 5.74) is 0.713. The molecule has 1 aliphatic carbocycles. The van der Waals surface area contributed by atoms with E-state index in [1.165, 1.54) is 0 Å². The molecule has 5 atom stereocenters. The highest BCUT2D eigenvalue weighted by Gasteiger charge is 2.57. The lowest BCUT2D eigenvalue weighted by Gasteiger charge is -2.40. The molecule has 1 saturated carbocycles. The highest BCUT2D eigenvalue weighted by atomic mass is 16.5. The van der Waals surface area contributed by atoms with Gasteiger partial charge in [0.1, 0.15) is 5.82 Å². The number of pyridine rings is 1. The van der Waals surface area contributed by atoms with Gasteiger partial charge in [0, 0.05) is 52.2 Å². The summed E-state index contributed by atoms with van der Waals surface area (Å²) in [6.45, 7) is 7.45. The van der Waals surface area contributed by atoms with Crippen molar-refractivity contribution in [3.63, 3.8) is 0 Å². The molecule has 5 rings (SSSR count). The van der Waals surface area contributed by atoms with E-state index in [2.05, 4.69) is 26.9 Å². The largest absolute Gasteiger partial charge is 0.379 e. The molecule has 1 amide bonds. The second-order valence-corrected chi connectivity index (χ2v) is 10.1. The van der Waals surface area contributed by atoms with Crippen LogP contribution in [0.3, 0.4) is 0 Å². The maximum atomic E-state index is 13.8. The summed E-state index contributed by atoms with van der Waals surface area (Å²) in [6.07, 6.45) is 5.27. The van der Waals surface area contributed by atoms with Gasteiger partial charge in [0.25, 0.3) is 0 Å². The number of hydrogen-bond donors (Lipinski definition) is 0. The van der Waals surface area contributed by atoms with Crippen LogP contribution in [-0.4, -0.2) is 81.1 Å². The smallest absolute Gasteiger partial charge is 0.231 e. The summed E-state index contributed by atoms with van der Waals surface area (Å²) >= 11 is 0. The number of aromatic nitrogens is 1. The van der Waals surface area contributed by atoms with E-state index in [4.69, 9.17) is 14.2 Å². The van der Waals surface area contributed by atoms with Crippen molar-refractivity contribution in [2.24, 2.45) is 17.3 Å². The van der Waals surface area contributed by atoms with Crippen LogP contribution in [0.2, 0.25) is 0 Å². The molecule has 3 saturated heterocycles. The maximum absolute atomic E-state index is 13.8. The monoisotopic (exact) mass is 443 g/mol. The lowest BCUT2D eigenvalue weighted by atomic mass is 9.78. The van der Waals surface area contributed by atoms with Crippen LogP contribution in [-0.2, 0) is 19.0 Å². The van der Waals surface area contributed by atoms with Gasteiger partial charge in [0.2, 0.25) is 5.91 Å². The van der Waals surface area contributed by atoms with Crippen LogP contribution < -0.4 is 4.90 Å². The number of piperazine rings is 1. The standard InChI is InChI=1S/C25H37N3O4/c1-18-4-3-5-23(26-18)27-8-10-28(11-9-27)24(29)25-7-13-32-22(25)15-19(16-25)14-20-6-12-31-17-21(20)30-2/h3-5,19-22H,6-17H2,1-2H3/t19-,20-,21-,22-,25-/m1/s1. The van der Waals surface area contributed by atoms with Gasteiger partial charge in [-0.25, -0.2) is 4.98 Å². The van der Waals surface area contributed by atoms with E-state index in [0.29, 0.717) is 31.0 Å². The van der Waals surface area contributed by atoms with Crippen LogP contribution in [0.4, 0.5) is 5.82 Å². The Morgan fingerprint density at radius 2 is 2.09 bits per heavy atom. The Balaban J connectivity index is 1.22. The SMILES string of the molecule is CO[C@@H]1COCC[C@@H]1C[C@@H]1C[C@H]2OCC[C@@]2(C(=O)N2CCN(c3cccc(C)n3)CC2)C1. The molecule has 4 aliphatic rings. The third-order valence-corrected chi connectivity index (χ3v) is 8.25. The van der Waals surface area contributed by atoms with E-state index < -0.39 is 0 Å². The summed E-state index contributed by atoms with van der Waals surface area (Å²) in [6, 6.07) is 6.14. The van der Waals surface area contributed by atoms with E-state index in [9.17, 15) is 4.79 Å². The van der Waals surface area contributed by atoms with Gasteiger partial charge in [-0.1, -0.05) is 6.07 Å². The molecule has 0 radical (unpaired) electrons. The normalized spacial score (nSPS) is 35.2. The molecule has 7 nitrogen and oxygen atoms in total. The number of rotatable bonds is 5. The molecule has 0 aromatic carbocycles. The van der Waals surface area contributed by atoms with Gasteiger partial charge in [-0.15, -0.1) is 0 Å². The number of fused-ring (bicyclic) bond motifs is 1. The minimum Gasteiger partial charge on any atom is -0.379 e. The van der Waals surface area contributed by atoms with Crippen molar-refractivity contribution in [3.05, 3.63) is 23.9 Å². The molecule has 7 heteroatoms. The first-order chi connectivity index (χ1) is 15.6. The Morgan fingerprint density at radius 3 is 2.88 bits per heavy atom. The van der Waals surface area contributed by atoms with Gasteiger partial charge in [-0.2, -0.15) is 0 Å². The predicted molar refractivity (Wildman–Crippen MR) is 122 cm³/mol. The third-order valence-electron chi connectivity index (χ3n) is 8.25. The summed E-state index contributed by atoms with van der Waals surface area (Å²) in [5.74, 6) is 2.40. The Hall–Kier alpha value is -1.70. The zero-order valence-electron chi connectivity index (χ0n) is 19.5. The molecule has 0 unspecified atom stereocenters. The number of methoxy groups -OCH3 is 1. The van der Waals surface area contributed by atoms with Crippen LogP contribution in [0.25, 0.3) is 0 Å². The van der Waals surface area contributed by atoms with Gasteiger partial charge in [-0.05, 0) is 63.0 Å². The topological polar surface area (TPSA) is 64.1 Å². The Labute approximate surface area is 191 Å². The summed E-state index contributed by atoms with van der Waals surface area (Å²) in [7, 11) is 1.79. The first-order valence-electron chi connectivity index (χ1n) is 12.3. The van der Waals surface area contributed by atoms with Crippen LogP contribution in [0, 0.1) is 24.2 Å². The number of amides is 1. The molecule has 1 aromatic rings. The second-order valence-electron chi connectivity index (χ2n) is 10.1. The third kappa shape index (κ3) is 4.15. The van der Waals surface area contributed by atoms with E-state index in [-0.39, 0.29) is 17.6 Å². The fraction of sp³-hybridized carbons (Fsp3) is 0.760. The van der Waals surface area contributed by atoms with Gasteiger partial charge in [-0.3, -0.25) is 4.79 Å². The van der Waals surface area contributed by atoms with E-state index in [0.717, 1.165) is 76.4 Å². The number of carbonyl (C=O) groups is 1. The van der Waals surface area contributed by atoms with E-state index >= 15 is 0 Å². The van der Waals surface area contributed by atoms with Crippen LogP contribution in [0.15, 0.2) is 18.2 Å². The molecule has 3 aliphatic heterocycles. The van der Waals surface area contributed by atoms with E-state index in [1.807, 2.05) is 13.0 Å². The zero-order chi connectivity index (χ0) is 22.1. The maximum Gasteiger partial charge on any atom is 0.231 e. The summed E-state index contributed by atoms with van der Waals surface area (Å²) in [4.78, 5) is 22.9. The number of ether oxygens (including phenoxy) is 3. The molecule has 0 bridgehead atoms. The van der Waals surface area contributed by atoms with Crippen LogP contribution in [0.1, 0.15) is 37.8 Å². The first-order valence-corrected chi connectivity index (χ1v) is 12.3.